The zero-order chi connectivity index (χ0) is 30.3. The van der Waals surface area contributed by atoms with Crippen LogP contribution in [0.4, 0.5) is 23.5 Å². The summed E-state index contributed by atoms with van der Waals surface area (Å²) in [5, 5.41) is 8.76. The number of anilines is 4. The lowest BCUT2D eigenvalue weighted by molar-refractivity contribution is 0.130. The van der Waals surface area contributed by atoms with E-state index in [4.69, 9.17) is 20.9 Å². The summed E-state index contributed by atoms with van der Waals surface area (Å²) >= 11 is 1.57. The van der Waals surface area contributed by atoms with Crippen LogP contribution in [0.1, 0.15) is 23.4 Å². The SMILES string of the molecule is COCCCNc1nc(N)nc2ccn(Cc3cc(COCCNc4nc(N)nc5ccn(Cc6cscn6)c45)ccn3)c12. The van der Waals surface area contributed by atoms with Crippen LogP contribution in [-0.4, -0.2) is 72.5 Å². The number of ether oxygens (including phenoxy) is 2. The molecule has 0 atom stereocenters. The van der Waals surface area contributed by atoms with Crippen LogP contribution < -0.4 is 22.1 Å². The molecule has 14 nitrogen and oxygen atoms in total. The van der Waals surface area contributed by atoms with Crippen molar-refractivity contribution >= 4 is 56.9 Å². The van der Waals surface area contributed by atoms with E-state index in [9.17, 15) is 0 Å². The summed E-state index contributed by atoms with van der Waals surface area (Å²) in [6, 6.07) is 7.87. The summed E-state index contributed by atoms with van der Waals surface area (Å²) in [5.74, 6) is 1.81. The van der Waals surface area contributed by atoms with Gasteiger partial charge >= 0.3 is 0 Å². The van der Waals surface area contributed by atoms with Gasteiger partial charge in [-0.25, -0.2) is 15.0 Å². The van der Waals surface area contributed by atoms with Gasteiger partial charge in [0, 0.05) is 50.8 Å². The molecule has 6 N–H and O–H groups in total. The van der Waals surface area contributed by atoms with Crippen LogP contribution in [-0.2, 0) is 29.2 Å². The van der Waals surface area contributed by atoms with Crippen LogP contribution >= 0.6 is 11.3 Å². The second kappa shape index (κ2) is 13.6. The number of nitrogens with one attached hydrogen (secondary N) is 2. The number of pyridine rings is 1. The van der Waals surface area contributed by atoms with Crippen LogP contribution in [0.15, 0.2) is 53.7 Å². The fourth-order valence-corrected chi connectivity index (χ4v) is 5.53. The van der Waals surface area contributed by atoms with E-state index in [1.165, 1.54) is 0 Å². The standard InChI is InChI=1S/C29H34N12O2S/c1-42-11-2-6-33-26-24-22(36-28(30)38-26)4-9-40(24)14-20-13-19(3-7-32-20)16-43-12-8-34-27-25-23(37-29(31)39-27)5-10-41(25)15-21-17-44-18-35-21/h3-5,7,9-10,13,17-18H,2,6,8,11-12,14-16H2,1H3,(H3,30,33,36,38)(H3,31,34,37,39). The largest absolute Gasteiger partial charge is 0.385 e. The lowest BCUT2D eigenvalue weighted by atomic mass is 10.2. The maximum atomic E-state index is 6.00. The molecule has 0 aliphatic heterocycles. The van der Waals surface area contributed by atoms with Gasteiger partial charge in [0.1, 0.15) is 11.0 Å². The number of fused-ring (bicyclic) bond motifs is 2. The van der Waals surface area contributed by atoms with Gasteiger partial charge in [-0.2, -0.15) is 9.97 Å². The first-order chi connectivity index (χ1) is 21.6. The molecule has 6 rings (SSSR count). The fourth-order valence-electron chi connectivity index (χ4n) is 4.98. The normalized spacial score (nSPS) is 11.5. The van der Waals surface area contributed by atoms with Crippen molar-refractivity contribution < 1.29 is 9.47 Å². The third kappa shape index (κ3) is 6.85. The van der Waals surface area contributed by atoms with Gasteiger partial charge < -0.3 is 40.7 Å². The lowest BCUT2D eigenvalue weighted by Gasteiger charge is -2.12. The smallest absolute Gasteiger partial charge is 0.222 e. The highest BCUT2D eigenvalue weighted by Gasteiger charge is 2.14. The minimum atomic E-state index is 0.219. The molecular weight excluding hydrogens is 580 g/mol. The van der Waals surface area contributed by atoms with Crippen molar-refractivity contribution in [3.05, 3.63) is 70.7 Å². The molecule has 0 fully saturated rings. The van der Waals surface area contributed by atoms with E-state index in [1.807, 2.05) is 47.5 Å². The molecule has 0 saturated carbocycles. The molecule has 0 aromatic carbocycles. The monoisotopic (exact) mass is 614 g/mol. The van der Waals surface area contributed by atoms with Gasteiger partial charge in [-0.15, -0.1) is 11.3 Å². The average molecular weight is 615 g/mol. The van der Waals surface area contributed by atoms with Crippen LogP contribution in [0.5, 0.6) is 0 Å². The van der Waals surface area contributed by atoms with E-state index in [0.717, 1.165) is 45.4 Å². The summed E-state index contributed by atoms with van der Waals surface area (Å²) in [6.07, 6.45) is 6.59. The number of hydrogen-bond acceptors (Lipinski definition) is 13. The summed E-state index contributed by atoms with van der Waals surface area (Å²) < 4.78 is 15.3. The quantitative estimate of drug-likeness (QED) is 0.124. The minimum Gasteiger partial charge on any atom is -0.385 e. The number of aromatic nitrogens is 8. The lowest BCUT2D eigenvalue weighted by Crippen LogP contribution is -2.13. The Bertz CT molecular complexity index is 1840. The summed E-state index contributed by atoms with van der Waals surface area (Å²) in [7, 11) is 1.69. The number of nitrogen functional groups attached to an aromatic ring is 2. The zero-order valence-electron chi connectivity index (χ0n) is 24.3. The Morgan fingerprint density at radius 1 is 0.818 bits per heavy atom. The molecule has 228 valence electrons. The van der Waals surface area contributed by atoms with Gasteiger partial charge in [-0.3, -0.25) is 4.98 Å². The number of rotatable bonds is 15. The first kappa shape index (κ1) is 29.2. The molecule has 6 heterocycles. The highest BCUT2D eigenvalue weighted by Crippen LogP contribution is 2.25. The molecule has 0 saturated heterocycles. The molecule has 0 bridgehead atoms. The van der Waals surface area contributed by atoms with E-state index in [1.54, 1.807) is 24.6 Å². The molecular formula is C29H34N12O2S. The predicted octanol–water partition coefficient (Wildman–Crippen LogP) is 3.37. The van der Waals surface area contributed by atoms with E-state index >= 15 is 0 Å². The maximum Gasteiger partial charge on any atom is 0.222 e. The number of nitrogens with two attached hydrogens (primary N) is 2. The average Bonchev–Trinajstić information content (AvgIpc) is 3.77. The second-order valence-corrected chi connectivity index (χ2v) is 10.8. The van der Waals surface area contributed by atoms with Crippen molar-refractivity contribution in [1.29, 1.82) is 0 Å². The molecule has 15 heteroatoms. The van der Waals surface area contributed by atoms with Crippen molar-refractivity contribution in [2.24, 2.45) is 0 Å². The topological polar surface area (TPSA) is 182 Å². The first-order valence-corrected chi connectivity index (χ1v) is 15.1. The Labute approximate surface area is 257 Å². The van der Waals surface area contributed by atoms with Gasteiger partial charge in [0.15, 0.2) is 11.6 Å². The molecule has 0 spiro atoms. The fraction of sp³-hybridized carbons (Fsp3) is 0.310. The summed E-state index contributed by atoms with van der Waals surface area (Å²) in [6.45, 7) is 4.00. The van der Waals surface area contributed by atoms with Crippen molar-refractivity contribution in [1.82, 2.24) is 39.0 Å². The van der Waals surface area contributed by atoms with Gasteiger partial charge in [-0.05, 0) is 36.2 Å². The number of thiazole rings is 1. The van der Waals surface area contributed by atoms with Crippen molar-refractivity contribution in [3.8, 4) is 0 Å². The highest BCUT2D eigenvalue weighted by atomic mass is 32.1. The summed E-state index contributed by atoms with van der Waals surface area (Å²) in [5.41, 5.74) is 20.0. The van der Waals surface area contributed by atoms with Crippen molar-refractivity contribution in [3.63, 3.8) is 0 Å². The molecule has 0 aliphatic rings. The number of methoxy groups -OCH3 is 1. The van der Waals surface area contributed by atoms with Gasteiger partial charge in [0.2, 0.25) is 11.9 Å². The predicted molar refractivity (Wildman–Crippen MR) is 172 cm³/mol. The van der Waals surface area contributed by atoms with Crippen LogP contribution in [0.3, 0.4) is 0 Å². The molecule has 0 aliphatic carbocycles. The third-order valence-corrected chi connectivity index (χ3v) is 7.55. The zero-order valence-corrected chi connectivity index (χ0v) is 25.1. The van der Waals surface area contributed by atoms with E-state index in [2.05, 4.69) is 49.7 Å². The minimum absolute atomic E-state index is 0.219. The van der Waals surface area contributed by atoms with Gasteiger partial charge in [0.05, 0.1) is 54.2 Å². The molecule has 6 aromatic heterocycles. The highest BCUT2D eigenvalue weighted by molar-refractivity contribution is 7.07. The van der Waals surface area contributed by atoms with Crippen LogP contribution in [0.2, 0.25) is 0 Å². The second-order valence-electron chi connectivity index (χ2n) is 10.1. The van der Waals surface area contributed by atoms with E-state index < -0.39 is 0 Å². The van der Waals surface area contributed by atoms with Crippen LogP contribution in [0, 0.1) is 0 Å². The first-order valence-electron chi connectivity index (χ1n) is 14.2. The maximum absolute atomic E-state index is 6.00. The molecule has 0 radical (unpaired) electrons. The van der Waals surface area contributed by atoms with Crippen molar-refractivity contribution in [2.45, 2.75) is 26.1 Å². The Hall–Kier alpha value is -4.86. The van der Waals surface area contributed by atoms with Crippen LogP contribution in [0.25, 0.3) is 22.1 Å². The Kier molecular flexibility index (Phi) is 9.05. The Balaban J connectivity index is 1.06. The van der Waals surface area contributed by atoms with E-state index in [0.29, 0.717) is 57.6 Å². The number of nitrogens with zero attached hydrogens (tertiary/aromatic N) is 8. The summed E-state index contributed by atoms with van der Waals surface area (Å²) in [4.78, 5) is 26.6. The van der Waals surface area contributed by atoms with Gasteiger partial charge in [0.25, 0.3) is 0 Å². The molecule has 44 heavy (non-hydrogen) atoms. The van der Waals surface area contributed by atoms with Crippen molar-refractivity contribution in [2.75, 3.05) is 55.5 Å². The number of hydrogen-bond donors (Lipinski definition) is 4. The molecule has 0 amide bonds. The van der Waals surface area contributed by atoms with Gasteiger partial charge in [-0.1, -0.05) is 0 Å². The molecule has 6 aromatic rings. The van der Waals surface area contributed by atoms with E-state index in [-0.39, 0.29) is 11.9 Å². The Morgan fingerprint density at radius 3 is 2.16 bits per heavy atom. The Morgan fingerprint density at radius 2 is 1.50 bits per heavy atom. The third-order valence-electron chi connectivity index (χ3n) is 6.91. The molecule has 0 unspecified atom stereocenters.